The van der Waals surface area contributed by atoms with Crippen LogP contribution in [0.3, 0.4) is 0 Å². The third-order valence-corrected chi connectivity index (χ3v) is 8.31. The van der Waals surface area contributed by atoms with Crippen molar-refractivity contribution in [2.75, 3.05) is 4.90 Å². The molecule has 8 aromatic rings. The monoisotopic (exact) mass is 563 g/mol. The molecule has 3 heterocycles. The van der Waals surface area contributed by atoms with E-state index < -0.39 is 0 Å². The Labute approximate surface area is 254 Å². The molecular formula is C39H25N5. The van der Waals surface area contributed by atoms with Gasteiger partial charge in [0.2, 0.25) is 0 Å². The van der Waals surface area contributed by atoms with Gasteiger partial charge in [-0.1, -0.05) is 91.0 Å². The Hall–Kier alpha value is -6.07. The Morgan fingerprint density at radius 2 is 1.11 bits per heavy atom. The normalized spacial score (nSPS) is 12.0. The van der Waals surface area contributed by atoms with E-state index in [-0.39, 0.29) is 0 Å². The van der Waals surface area contributed by atoms with Gasteiger partial charge in [-0.3, -0.25) is 4.57 Å². The summed E-state index contributed by atoms with van der Waals surface area (Å²) < 4.78 is 2.22. The molecule has 206 valence electrons. The summed E-state index contributed by atoms with van der Waals surface area (Å²) >= 11 is 0. The SMILES string of the molecule is c1ccc(N2c3ccccc3-c3nc(-c4cccc(-c5nc6ccccc6n5-c5ccccc5)c4)nc4cccc2c34)cc1. The van der Waals surface area contributed by atoms with Crippen molar-refractivity contribution < 1.29 is 0 Å². The van der Waals surface area contributed by atoms with Crippen LogP contribution in [0.4, 0.5) is 17.1 Å². The van der Waals surface area contributed by atoms with Gasteiger partial charge in [0.1, 0.15) is 5.82 Å². The number of benzene rings is 6. The van der Waals surface area contributed by atoms with Gasteiger partial charge in [0.05, 0.1) is 39.0 Å². The summed E-state index contributed by atoms with van der Waals surface area (Å²) in [6, 6.07) is 52.4. The van der Waals surface area contributed by atoms with Gasteiger partial charge in [-0.15, -0.1) is 0 Å². The van der Waals surface area contributed by atoms with Crippen LogP contribution in [0.5, 0.6) is 0 Å². The van der Waals surface area contributed by atoms with Crippen LogP contribution in [-0.2, 0) is 0 Å². The molecule has 0 radical (unpaired) electrons. The molecule has 5 heteroatoms. The Kier molecular flexibility index (Phi) is 5.43. The third-order valence-electron chi connectivity index (χ3n) is 8.31. The molecule has 0 unspecified atom stereocenters. The van der Waals surface area contributed by atoms with E-state index in [4.69, 9.17) is 15.0 Å². The molecular weight excluding hydrogens is 538 g/mol. The third kappa shape index (κ3) is 3.76. The Morgan fingerprint density at radius 3 is 1.98 bits per heavy atom. The largest absolute Gasteiger partial charge is 0.309 e. The predicted molar refractivity (Wildman–Crippen MR) is 179 cm³/mol. The molecule has 1 aliphatic rings. The maximum atomic E-state index is 5.26. The van der Waals surface area contributed by atoms with Crippen molar-refractivity contribution in [3.63, 3.8) is 0 Å². The number of imidazole rings is 1. The first-order valence-electron chi connectivity index (χ1n) is 14.7. The van der Waals surface area contributed by atoms with Gasteiger partial charge in [-0.05, 0) is 60.7 Å². The fourth-order valence-corrected chi connectivity index (χ4v) is 6.38. The average Bonchev–Trinajstić information content (AvgIpc) is 3.49. The Balaban J connectivity index is 1.24. The number of para-hydroxylation sites is 5. The van der Waals surface area contributed by atoms with Crippen molar-refractivity contribution in [2.24, 2.45) is 0 Å². The van der Waals surface area contributed by atoms with Crippen LogP contribution in [0, 0.1) is 0 Å². The van der Waals surface area contributed by atoms with E-state index in [1.165, 1.54) is 0 Å². The number of hydrogen-bond acceptors (Lipinski definition) is 4. The lowest BCUT2D eigenvalue weighted by Crippen LogP contribution is -2.16. The second kappa shape index (κ2) is 9.75. The second-order valence-electron chi connectivity index (χ2n) is 10.9. The number of anilines is 3. The van der Waals surface area contributed by atoms with Crippen LogP contribution >= 0.6 is 0 Å². The van der Waals surface area contributed by atoms with E-state index in [0.717, 1.165) is 72.9 Å². The molecule has 6 aromatic carbocycles. The molecule has 2 aromatic heterocycles. The quantitative estimate of drug-likeness (QED) is 0.214. The van der Waals surface area contributed by atoms with Crippen molar-refractivity contribution in [1.82, 2.24) is 19.5 Å². The smallest absolute Gasteiger partial charge is 0.160 e. The van der Waals surface area contributed by atoms with Crippen LogP contribution in [-0.4, -0.2) is 19.5 Å². The second-order valence-corrected chi connectivity index (χ2v) is 10.9. The van der Waals surface area contributed by atoms with Crippen molar-refractivity contribution in [3.05, 3.63) is 152 Å². The fourth-order valence-electron chi connectivity index (χ4n) is 6.38. The molecule has 0 fully saturated rings. The van der Waals surface area contributed by atoms with E-state index in [1.54, 1.807) is 0 Å². The van der Waals surface area contributed by atoms with Gasteiger partial charge in [-0.2, -0.15) is 0 Å². The number of nitrogens with zero attached hydrogens (tertiary/aromatic N) is 5. The maximum Gasteiger partial charge on any atom is 0.160 e. The van der Waals surface area contributed by atoms with E-state index in [2.05, 4.69) is 143 Å². The Morgan fingerprint density at radius 1 is 0.455 bits per heavy atom. The van der Waals surface area contributed by atoms with E-state index >= 15 is 0 Å². The van der Waals surface area contributed by atoms with E-state index in [0.29, 0.717) is 5.82 Å². The van der Waals surface area contributed by atoms with Crippen LogP contribution in [0.25, 0.3) is 61.7 Å². The minimum atomic E-state index is 0.692. The Bertz CT molecular complexity index is 2340. The highest BCUT2D eigenvalue weighted by molar-refractivity contribution is 6.11. The molecule has 0 atom stereocenters. The minimum absolute atomic E-state index is 0.692. The van der Waals surface area contributed by atoms with Gasteiger partial charge >= 0.3 is 0 Å². The summed E-state index contributed by atoms with van der Waals surface area (Å²) in [5.41, 5.74) is 11.3. The van der Waals surface area contributed by atoms with Crippen molar-refractivity contribution in [3.8, 4) is 39.7 Å². The number of fused-ring (bicyclic) bond motifs is 3. The van der Waals surface area contributed by atoms with Crippen molar-refractivity contribution in [1.29, 1.82) is 0 Å². The molecule has 9 rings (SSSR count). The summed E-state index contributed by atoms with van der Waals surface area (Å²) in [6.07, 6.45) is 0. The highest BCUT2D eigenvalue weighted by Crippen LogP contribution is 2.50. The van der Waals surface area contributed by atoms with Gasteiger partial charge in [0, 0.05) is 28.1 Å². The summed E-state index contributed by atoms with van der Waals surface area (Å²) in [6.45, 7) is 0. The van der Waals surface area contributed by atoms with Gasteiger partial charge in [0.25, 0.3) is 0 Å². The fraction of sp³-hybridized carbons (Fsp3) is 0. The molecule has 0 amide bonds. The first kappa shape index (κ1) is 24.5. The van der Waals surface area contributed by atoms with Crippen LogP contribution in [0.15, 0.2) is 152 Å². The minimum Gasteiger partial charge on any atom is -0.309 e. The van der Waals surface area contributed by atoms with Crippen LogP contribution < -0.4 is 4.90 Å². The topological polar surface area (TPSA) is 46.8 Å². The van der Waals surface area contributed by atoms with E-state index in [9.17, 15) is 0 Å². The molecule has 0 N–H and O–H groups in total. The number of hydrogen-bond donors (Lipinski definition) is 0. The van der Waals surface area contributed by atoms with Crippen LogP contribution in [0.1, 0.15) is 0 Å². The molecule has 0 bridgehead atoms. The first-order chi connectivity index (χ1) is 21.8. The van der Waals surface area contributed by atoms with Gasteiger partial charge in [0.15, 0.2) is 5.82 Å². The van der Waals surface area contributed by atoms with Crippen molar-refractivity contribution >= 4 is 39.0 Å². The molecule has 0 spiro atoms. The number of aromatic nitrogens is 4. The summed E-state index contributed by atoms with van der Waals surface area (Å²) in [7, 11) is 0. The molecule has 0 aliphatic carbocycles. The van der Waals surface area contributed by atoms with E-state index in [1.807, 2.05) is 18.2 Å². The van der Waals surface area contributed by atoms with Crippen molar-refractivity contribution in [2.45, 2.75) is 0 Å². The molecule has 1 aliphatic heterocycles. The zero-order valence-corrected chi connectivity index (χ0v) is 23.7. The summed E-state index contributed by atoms with van der Waals surface area (Å²) in [5, 5.41) is 1.06. The molecule has 44 heavy (non-hydrogen) atoms. The first-order valence-corrected chi connectivity index (χ1v) is 14.7. The zero-order chi connectivity index (χ0) is 29.0. The molecule has 0 saturated carbocycles. The van der Waals surface area contributed by atoms with Gasteiger partial charge < -0.3 is 4.90 Å². The lowest BCUT2D eigenvalue weighted by molar-refractivity contribution is 1.10. The lowest BCUT2D eigenvalue weighted by atomic mass is 9.96. The summed E-state index contributed by atoms with van der Waals surface area (Å²) in [4.78, 5) is 17.8. The summed E-state index contributed by atoms with van der Waals surface area (Å²) in [5.74, 6) is 1.57. The maximum absolute atomic E-state index is 5.26. The lowest BCUT2D eigenvalue weighted by Gasteiger charge is -2.32. The van der Waals surface area contributed by atoms with Gasteiger partial charge in [-0.25, -0.2) is 15.0 Å². The molecule has 0 saturated heterocycles. The zero-order valence-electron chi connectivity index (χ0n) is 23.7. The highest BCUT2D eigenvalue weighted by atomic mass is 15.2. The molecule has 5 nitrogen and oxygen atoms in total. The predicted octanol–water partition coefficient (Wildman–Crippen LogP) is 9.75. The highest BCUT2D eigenvalue weighted by Gasteiger charge is 2.28. The number of rotatable bonds is 4. The standard InChI is InChI=1S/C39H25N5/c1-3-15-28(16-4-1)43-33-22-9-7-19-30(33)37-36-32(21-12-24-35(36)43)40-38(42-37)26-13-11-14-27(25-26)39-41-31-20-8-10-23-34(31)44(39)29-17-5-2-6-18-29/h1-25H. The van der Waals surface area contributed by atoms with Crippen LogP contribution in [0.2, 0.25) is 0 Å². The average molecular weight is 564 g/mol.